The van der Waals surface area contributed by atoms with E-state index in [4.69, 9.17) is 4.74 Å². The van der Waals surface area contributed by atoms with E-state index in [0.717, 1.165) is 43.8 Å². The Labute approximate surface area is 146 Å². The number of rotatable bonds is 6. The largest absolute Gasteiger partial charge is 0.385 e. The number of hydrogen-bond acceptors (Lipinski definition) is 3. The van der Waals surface area contributed by atoms with Crippen LogP contribution in [0.4, 0.5) is 0 Å². The first-order valence-electron chi connectivity index (χ1n) is 8.80. The summed E-state index contributed by atoms with van der Waals surface area (Å²) in [6, 6.07) is 10.8. The molecule has 2 unspecified atom stereocenters. The van der Waals surface area contributed by atoms with E-state index in [0.29, 0.717) is 12.1 Å². The van der Waals surface area contributed by atoms with Crippen molar-refractivity contribution in [3.8, 4) is 0 Å². The SMILES string of the molecule is COCCCN1C(C)CN(C(=O)/C(C)=C/c2ccccc2)CC1C. The summed E-state index contributed by atoms with van der Waals surface area (Å²) in [7, 11) is 1.74. The summed E-state index contributed by atoms with van der Waals surface area (Å²) in [4.78, 5) is 17.3. The van der Waals surface area contributed by atoms with Gasteiger partial charge in [-0.1, -0.05) is 30.3 Å². The van der Waals surface area contributed by atoms with Gasteiger partial charge in [0.05, 0.1) is 0 Å². The van der Waals surface area contributed by atoms with Crippen LogP contribution in [0.2, 0.25) is 0 Å². The average molecular weight is 330 g/mol. The fraction of sp³-hybridized carbons (Fsp3) is 0.550. The van der Waals surface area contributed by atoms with E-state index in [1.54, 1.807) is 7.11 Å². The summed E-state index contributed by atoms with van der Waals surface area (Å²) in [6.07, 6.45) is 3.01. The Morgan fingerprint density at radius 2 is 1.83 bits per heavy atom. The van der Waals surface area contributed by atoms with Crippen LogP contribution in [0.5, 0.6) is 0 Å². The summed E-state index contributed by atoms with van der Waals surface area (Å²) in [5.41, 5.74) is 1.87. The maximum absolute atomic E-state index is 12.8. The Morgan fingerprint density at radius 1 is 1.21 bits per heavy atom. The van der Waals surface area contributed by atoms with E-state index < -0.39 is 0 Å². The first-order valence-corrected chi connectivity index (χ1v) is 8.80. The first kappa shape index (κ1) is 18.7. The van der Waals surface area contributed by atoms with Crippen molar-refractivity contribution in [3.63, 3.8) is 0 Å². The lowest BCUT2D eigenvalue weighted by Gasteiger charge is -2.44. The molecule has 1 amide bonds. The van der Waals surface area contributed by atoms with Crippen molar-refractivity contribution in [3.05, 3.63) is 41.5 Å². The highest BCUT2D eigenvalue weighted by Gasteiger charge is 2.31. The van der Waals surface area contributed by atoms with Gasteiger partial charge in [0.25, 0.3) is 0 Å². The van der Waals surface area contributed by atoms with Crippen LogP contribution in [0.25, 0.3) is 6.08 Å². The van der Waals surface area contributed by atoms with Crippen molar-refractivity contribution in [1.29, 1.82) is 0 Å². The molecule has 0 aliphatic carbocycles. The minimum atomic E-state index is 0.147. The van der Waals surface area contributed by atoms with E-state index in [-0.39, 0.29) is 5.91 Å². The van der Waals surface area contributed by atoms with Crippen LogP contribution in [0.15, 0.2) is 35.9 Å². The molecule has 1 fully saturated rings. The van der Waals surface area contributed by atoms with Crippen LogP contribution in [0.1, 0.15) is 32.8 Å². The molecule has 2 rings (SSSR count). The quantitative estimate of drug-likeness (QED) is 0.594. The molecule has 0 saturated carbocycles. The third kappa shape index (κ3) is 4.92. The zero-order valence-corrected chi connectivity index (χ0v) is 15.4. The van der Waals surface area contributed by atoms with Crippen LogP contribution in [-0.4, -0.2) is 61.1 Å². The molecule has 1 aromatic rings. The Kier molecular flexibility index (Phi) is 7.00. The lowest BCUT2D eigenvalue weighted by atomic mass is 10.1. The van der Waals surface area contributed by atoms with Gasteiger partial charge in [0.1, 0.15) is 0 Å². The molecule has 1 heterocycles. The molecular formula is C20H30N2O2. The van der Waals surface area contributed by atoms with Crippen molar-refractivity contribution < 1.29 is 9.53 Å². The fourth-order valence-corrected chi connectivity index (χ4v) is 3.47. The normalized spacial score (nSPS) is 22.7. The van der Waals surface area contributed by atoms with Gasteiger partial charge < -0.3 is 9.64 Å². The summed E-state index contributed by atoms with van der Waals surface area (Å²) >= 11 is 0. The molecule has 0 bridgehead atoms. The number of carbonyl (C=O) groups excluding carboxylic acids is 1. The lowest BCUT2D eigenvalue weighted by molar-refractivity contribution is -0.131. The van der Waals surface area contributed by atoms with Gasteiger partial charge in [0, 0.05) is 51.0 Å². The molecule has 4 heteroatoms. The van der Waals surface area contributed by atoms with Crippen molar-refractivity contribution in [2.24, 2.45) is 0 Å². The monoisotopic (exact) mass is 330 g/mol. The van der Waals surface area contributed by atoms with Gasteiger partial charge in [-0.15, -0.1) is 0 Å². The van der Waals surface area contributed by atoms with E-state index in [1.807, 2.05) is 48.2 Å². The highest BCUT2D eigenvalue weighted by Crippen LogP contribution is 2.19. The maximum Gasteiger partial charge on any atom is 0.249 e. The summed E-state index contributed by atoms with van der Waals surface area (Å²) in [6.45, 7) is 9.72. The topological polar surface area (TPSA) is 32.8 Å². The first-order chi connectivity index (χ1) is 11.5. The van der Waals surface area contributed by atoms with Crippen LogP contribution in [0.3, 0.4) is 0 Å². The van der Waals surface area contributed by atoms with Crippen LogP contribution in [0, 0.1) is 0 Å². The van der Waals surface area contributed by atoms with Gasteiger partial charge in [-0.3, -0.25) is 9.69 Å². The van der Waals surface area contributed by atoms with Gasteiger partial charge in [-0.2, -0.15) is 0 Å². The molecule has 24 heavy (non-hydrogen) atoms. The van der Waals surface area contributed by atoms with Gasteiger partial charge in [0.15, 0.2) is 0 Å². The van der Waals surface area contributed by atoms with Crippen molar-refractivity contribution in [2.45, 2.75) is 39.3 Å². The molecule has 1 aliphatic heterocycles. The number of nitrogens with zero attached hydrogens (tertiary/aromatic N) is 2. The summed E-state index contributed by atoms with van der Waals surface area (Å²) in [5, 5.41) is 0. The molecule has 1 aromatic carbocycles. The number of methoxy groups -OCH3 is 1. The zero-order valence-electron chi connectivity index (χ0n) is 15.4. The van der Waals surface area contributed by atoms with Crippen molar-refractivity contribution in [1.82, 2.24) is 9.80 Å². The van der Waals surface area contributed by atoms with Crippen molar-refractivity contribution >= 4 is 12.0 Å². The van der Waals surface area contributed by atoms with Gasteiger partial charge in [0.2, 0.25) is 5.91 Å². The van der Waals surface area contributed by atoms with Crippen LogP contribution in [-0.2, 0) is 9.53 Å². The third-order valence-corrected chi connectivity index (χ3v) is 4.67. The zero-order chi connectivity index (χ0) is 17.5. The standard InChI is InChI=1S/C20H30N2O2/c1-16(13-19-9-6-5-7-10-19)20(23)21-14-17(2)22(18(3)15-21)11-8-12-24-4/h5-7,9-10,13,17-18H,8,11-12,14-15H2,1-4H3/b16-13+. The van der Waals surface area contributed by atoms with Gasteiger partial charge in [-0.05, 0) is 38.8 Å². The number of piperazine rings is 1. The molecule has 4 nitrogen and oxygen atoms in total. The number of carbonyl (C=O) groups is 1. The number of amides is 1. The Morgan fingerprint density at radius 3 is 2.42 bits per heavy atom. The highest BCUT2D eigenvalue weighted by atomic mass is 16.5. The molecule has 132 valence electrons. The van der Waals surface area contributed by atoms with E-state index >= 15 is 0 Å². The predicted molar refractivity (Wildman–Crippen MR) is 98.8 cm³/mol. The van der Waals surface area contributed by atoms with Gasteiger partial charge in [-0.25, -0.2) is 0 Å². The lowest BCUT2D eigenvalue weighted by Crippen LogP contribution is -2.58. The minimum absolute atomic E-state index is 0.147. The predicted octanol–water partition coefficient (Wildman–Crippen LogP) is 3.05. The van der Waals surface area contributed by atoms with Crippen LogP contribution < -0.4 is 0 Å². The fourth-order valence-electron chi connectivity index (χ4n) is 3.47. The number of hydrogen-bond donors (Lipinski definition) is 0. The third-order valence-electron chi connectivity index (χ3n) is 4.67. The highest BCUT2D eigenvalue weighted by molar-refractivity contribution is 5.97. The second kappa shape index (κ2) is 9.00. The van der Waals surface area contributed by atoms with E-state index in [9.17, 15) is 4.79 Å². The minimum Gasteiger partial charge on any atom is -0.385 e. The molecular weight excluding hydrogens is 300 g/mol. The second-order valence-electron chi connectivity index (χ2n) is 6.73. The molecule has 0 aromatic heterocycles. The number of ether oxygens (including phenoxy) is 1. The van der Waals surface area contributed by atoms with Crippen molar-refractivity contribution in [2.75, 3.05) is 33.4 Å². The average Bonchev–Trinajstić information content (AvgIpc) is 2.57. The molecule has 2 atom stereocenters. The Hall–Kier alpha value is -1.65. The molecule has 0 N–H and O–H groups in total. The molecule has 0 radical (unpaired) electrons. The van der Waals surface area contributed by atoms with Crippen LogP contribution >= 0.6 is 0 Å². The van der Waals surface area contributed by atoms with E-state index in [1.165, 1.54) is 0 Å². The smallest absolute Gasteiger partial charge is 0.249 e. The number of benzene rings is 1. The Bertz CT molecular complexity index is 544. The second-order valence-corrected chi connectivity index (χ2v) is 6.73. The molecule has 1 saturated heterocycles. The summed E-state index contributed by atoms with van der Waals surface area (Å²) < 4.78 is 5.15. The van der Waals surface area contributed by atoms with E-state index in [2.05, 4.69) is 18.7 Å². The molecule has 1 aliphatic rings. The van der Waals surface area contributed by atoms with Gasteiger partial charge >= 0.3 is 0 Å². The summed E-state index contributed by atoms with van der Waals surface area (Å²) in [5.74, 6) is 0.147. The maximum atomic E-state index is 12.8. The molecule has 0 spiro atoms. The Balaban J connectivity index is 1.98.